The third-order valence-electron chi connectivity index (χ3n) is 5.27. The van der Waals surface area contributed by atoms with Crippen LogP contribution in [0, 0.1) is 0 Å². The minimum absolute atomic E-state index is 0.0978. The summed E-state index contributed by atoms with van der Waals surface area (Å²) < 4.78 is 39.0. The van der Waals surface area contributed by atoms with E-state index in [2.05, 4.69) is 10.6 Å². The number of fused-ring (bicyclic) bond motifs is 2. The molecule has 2 aliphatic heterocycles. The van der Waals surface area contributed by atoms with Crippen LogP contribution in [0.5, 0.6) is 0 Å². The standard InChI is InChI=1S/C18H22F3N3O2/c1-24(13-8-11-6-7-12(9-13)23-11)16(25)10-22-17(26)14-4-2-3-5-15(14)18(19,20)21/h2-5,11-13,23H,6-10H2,1H3,(H,22,26). The maximum absolute atomic E-state index is 13.0. The SMILES string of the molecule is CN(C(=O)CNC(=O)c1ccccc1C(F)(F)F)C1CC2CCC(C1)N2. The lowest BCUT2D eigenvalue weighted by Gasteiger charge is -2.35. The number of nitrogens with one attached hydrogen (secondary N) is 2. The van der Waals surface area contributed by atoms with Gasteiger partial charge in [-0.25, -0.2) is 0 Å². The zero-order valence-corrected chi connectivity index (χ0v) is 14.5. The molecule has 2 atom stereocenters. The lowest BCUT2D eigenvalue weighted by atomic mass is 9.98. The maximum atomic E-state index is 13.0. The summed E-state index contributed by atoms with van der Waals surface area (Å²) in [5.74, 6) is -1.20. The van der Waals surface area contributed by atoms with Crippen LogP contribution in [-0.2, 0) is 11.0 Å². The molecule has 2 fully saturated rings. The number of carbonyl (C=O) groups is 2. The molecule has 0 spiro atoms. The highest BCUT2D eigenvalue weighted by Crippen LogP contribution is 2.32. The van der Waals surface area contributed by atoms with Crippen LogP contribution in [0.3, 0.4) is 0 Å². The van der Waals surface area contributed by atoms with Gasteiger partial charge in [0.15, 0.2) is 0 Å². The molecule has 0 saturated carbocycles. The fourth-order valence-electron chi connectivity index (χ4n) is 3.85. The fourth-order valence-corrected chi connectivity index (χ4v) is 3.85. The molecule has 2 saturated heterocycles. The van der Waals surface area contributed by atoms with Crippen molar-refractivity contribution in [3.05, 3.63) is 35.4 Å². The zero-order chi connectivity index (χ0) is 18.9. The number of carbonyl (C=O) groups excluding carboxylic acids is 2. The Morgan fingerprint density at radius 2 is 1.81 bits per heavy atom. The normalized spacial score (nSPS) is 25.0. The first-order chi connectivity index (χ1) is 12.3. The molecule has 2 heterocycles. The average molecular weight is 369 g/mol. The molecule has 2 N–H and O–H groups in total. The van der Waals surface area contributed by atoms with Gasteiger partial charge in [-0.15, -0.1) is 0 Å². The van der Waals surface area contributed by atoms with Crippen LogP contribution in [0.2, 0.25) is 0 Å². The molecule has 1 aromatic carbocycles. The Bertz CT molecular complexity index is 681. The molecule has 0 aromatic heterocycles. The van der Waals surface area contributed by atoms with E-state index in [1.165, 1.54) is 12.1 Å². The summed E-state index contributed by atoms with van der Waals surface area (Å²) in [4.78, 5) is 26.1. The van der Waals surface area contributed by atoms with Gasteiger partial charge in [0, 0.05) is 25.2 Å². The molecule has 1 aromatic rings. The topological polar surface area (TPSA) is 61.4 Å². The number of piperidine rings is 1. The smallest absolute Gasteiger partial charge is 0.343 e. The van der Waals surface area contributed by atoms with Gasteiger partial charge < -0.3 is 15.5 Å². The number of hydrogen-bond donors (Lipinski definition) is 2. The van der Waals surface area contributed by atoms with Gasteiger partial charge in [0.2, 0.25) is 5.91 Å². The first-order valence-electron chi connectivity index (χ1n) is 8.72. The number of nitrogens with zero attached hydrogens (tertiary/aromatic N) is 1. The van der Waals surface area contributed by atoms with Gasteiger partial charge in [-0.3, -0.25) is 9.59 Å². The van der Waals surface area contributed by atoms with Gasteiger partial charge in [0.05, 0.1) is 17.7 Å². The Labute approximate surface area is 149 Å². The van der Waals surface area contributed by atoms with Gasteiger partial charge in [-0.1, -0.05) is 12.1 Å². The molecule has 5 nitrogen and oxygen atoms in total. The largest absolute Gasteiger partial charge is 0.417 e. The molecular weight excluding hydrogens is 347 g/mol. The van der Waals surface area contributed by atoms with Gasteiger partial charge in [-0.2, -0.15) is 13.2 Å². The van der Waals surface area contributed by atoms with Crippen molar-refractivity contribution in [2.75, 3.05) is 13.6 Å². The quantitative estimate of drug-likeness (QED) is 0.855. The predicted octanol–water partition coefficient (Wildman–Crippen LogP) is 2.18. The lowest BCUT2D eigenvalue weighted by Crippen LogP contribution is -2.50. The molecule has 8 heteroatoms. The van der Waals surface area contributed by atoms with Crippen molar-refractivity contribution < 1.29 is 22.8 Å². The molecule has 0 radical (unpaired) electrons. The van der Waals surface area contributed by atoms with Crippen LogP contribution in [0.4, 0.5) is 13.2 Å². The summed E-state index contributed by atoms with van der Waals surface area (Å²) in [6.07, 6.45) is -0.682. The van der Waals surface area contributed by atoms with Crippen LogP contribution >= 0.6 is 0 Å². The number of rotatable bonds is 4. The van der Waals surface area contributed by atoms with Crippen LogP contribution in [0.25, 0.3) is 0 Å². The molecule has 2 bridgehead atoms. The summed E-state index contributed by atoms with van der Waals surface area (Å²) in [5, 5.41) is 5.82. The van der Waals surface area contributed by atoms with E-state index >= 15 is 0 Å². The highest BCUT2D eigenvalue weighted by Gasteiger charge is 2.37. The van der Waals surface area contributed by atoms with E-state index in [-0.39, 0.29) is 18.5 Å². The van der Waals surface area contributed by atoms with Crippen LogP contribution in [0.15, 0.2) is 24.3 Å². The number of hydrogen-bond acceptors (Lipinski definition) is 3. The highest BCUT2D eigenvalue weighted by atomic mass is 19.4. The Balaban J connectivity index is 1.59. The van der Waals surface area contributed by atoms with Crippen molar-refractivity contribution >= 4 is 11.8 Å². The van der Waals surface area contributed by atoms with Crippen LogP contribution < -0.4 is 10.6 Å². The second-order valence-corrected chi connectivity index (χ2v) is 6.99. The van der Waals surface area contributed by atoms with Gasteiger partial charge >= 0.3 is 6.18 Å². The second kappa shape index (κ2) is 7.26. The summed E-state index contributed by atoms with van der Waals surface area (Å²) >= 11 is 0. The van der Waals surface area contributed by atoms with E-state index in [4.69, 9.17) is 0 Å². The van der Waals surface area contributed by atoms with Gasteiger partial charge in [0.1, 0.15) is 0 Å². The van der Waals surface area contributed by atoms with Crippen molar-refractivity contribution in [3.63, 3.8) is 0 Å². The fraction of sp³-hybridized carbons (Fsp3) is 0.556. The third-order valence-corrected chi connectivity index (χ3v) is 5.27. The van der Waals surface area contributed by atoms with Gasteiger partial charge in [-0.05, 0) is 37.8 Å². The van der Waals surface area contributed by atoms with Crippen molar-refractivity contribution in [1.82, 2.24) is 15.5 Å². The number of alkyl halides is 3. The first-order valence-corrected chi connectivity index (χ1v) is 8.72. The number of halogens is 3. The summed E-state index contributed by atoms with van der Waals surface area (Å²) in [5.41, 5.74) is -1.48. The van der Waals surface area contributed by atoms with E-state index in [9.17, 15) is 22.8 Å². The minimum atomic E-state index is -4.62. The van der Waals surface area contributed by atoms with E-state index in [1.54, 1.807) is 11.9 Å². The summed E-state index contributed by atoms with van der Waals surface area (Å²) in [7, 11) is 1.69. The van der Waals surface area contributed by atoms with Gasteiger partial charge in [0.25, 0.3) is 5.91 Å². The molecule has 0 aliphatic carbocycles. The molecule has 2 amide bonds. The van der Waals surface area contributed by atoms with Crippen molar-refractivity contribution in [2.45, 2.75) is 50.0 Å². The zero-order valence-electron chi connectivity index (χ0n) is 14.5. The van der Waals surface area contributed by atoms with Crippen molar-refractivity contribution in [2.24, 2.45) is 0 Å². The van der Waals surface area contributed by atoms with Crippen LogP contribution in [0.1, 0.15) is 41.6 Å². The Morgan fingerprint density at radius 3 is 2.42 bits per heavy atom. The molecule has 2 unspecified atom stereocenters. The van der Waals surface area contributed by atoms with Crippen molar-refractivity contribution in [1.29, 1.82) is 0 Å². The van der Waals surface area contributed by atoms with E-state index in [0.29, 0.717) is 12.1 Å². The summed E-state index contributed by atoms with van der Waals surface area (Å²) in [6.45, 7) is -0.319. The van der Waals surface area contributed by atoms with Crippen molar-refractivity contribution in [3.8, 4) is 0 Å². The molecule has 142 valence electrons. The Hall–Kier alpha value is -2.09. The number of likely N-dealkylation sites (N-methyl/N-ethyl adjacent to an activating group) is 1. The summed E-state index contributed by atoms with van der Waals surface area (Å²) in [6, 6.07) is 5.49. The molecule has 2 aliphatic rings. The van der Waals surface area contributed by atoms with E-state index in [0.717, 1.165) is 37.8 Å². The average Bonchev–Trinajstić information content (AvgIpc) is 2.95. The number of benzene rings is 1. The predicted molar refractivity (Wildman–Crippen MR) is 89.5 cm³/mol. The third kappa shape index (κ3) is 4.00. The maximum Gasteiger partial charge on any atom is 0.417 e. The van der Waals surface area contributed by atoms with E-state index in [1.807, 2.05) is 0 Å². The second-order valence-electron chi connectivity index (χ2n) is 6.99. The molecular formula is C18H22F3N3O2. The first kappa shape index (κ1) is 18.7. The number of amides is 2. The minimum Gasteiger partial charge on any atom is -0.343 e. The molecule has 26 heavy (non-hydrogen) atoms. The Morgan fingerprint density at radius 1 is 1.19 bits per heavy atom. The molecule has 3 rings (SSSR count). The highest BCUT2D eigenvalue weighted by molar-refractivity contribution is 5.97. The van der Waals surface area contributed by atoms with Crippen LogP contribution in [-0.4, -0.2) is 48.4 Å². The lowest BCUT2D eigenvalue weighted by molar-refractivity contribution is -0.137. The Kier molecular flexibility index (Phi) is 5.22. The monoisotopic (exact) mass is 369 g/mol. The van der Waals surface area contributed by atoms with E-state index < -0.39 is 23.2 Å².